The van der Waals surface area contributed by atoms with Crippen LogP contribution in [0.25, 0.3) is 0 Å². The molecule has 1 aromatic rings. The Hall–Kier alpha value is -1.65. The normalized spacial score (nSPS) is 10.3. The molecule has 1 amide bonds. The van der Waals surface area contributed by atoms with Crippen LogP contribution in [0.4, 0.5) is 5.82 Å². The van der Waals surface area contributed by atoms with Crippen LogP contribution in [-0.2, 0) is 0 Å². The molecule has 5 nitrogen and oxygen atoms in total. The summed E-state index contributed by atoms with van der Waals surface area (Å²) in [6.07, 6.45) is 4.38. The minimum absolute atomic E-state index is 0.00866. The molecule has 1 heterocycles. The summed E-state index contributed by atoms with van der Waals surface area (Å²) in [6.45, 7) is 8.62. The standard InChI is InChI=1S/C14H24N4O/c1-4-7-15-13-10-12(16-11-17-13)14(19)18(8-5-2)9-6-3/h10-11H,4-9H2,1-3H3,(H,15,16,17). The van der Waals surface area contributed by atoms with Crippen molar-refractivity contribution >= 4 is 11.7 Å². The lowest BCUT2D eigenvalue weighted by molar-refractivity contribution is 0.0749. The fourth-order valence-electron chi connectivity index (χ4n) is 1.84. The van der Waals surface area contributed by atoms with Gasteiger partial charge < -0.3 is 10.2 Å². The van der Waals surface area contributed by atoms with Gasteiger partial charge in [-0.05, 0) is 19.3 Å². The maximum absolute atomic E-state index is 12.4. The van der Waals surface area contributed by atoms with Gasteiger partial charge in [0.15, 0.2) is 0 Å². The summed E-state index contributed by atoms with van der Waals surface area (Å²) in [5.74, 6) is 0.707. The first-order valence-corrected chi connectivity index (χ1v) is 7.08. The summed E-state index contributed by atoms with van der Waals surface area (Å²) in [5.41, 5.74) is 0.468. The zero-order valence-electron chi connectivity index (χ0n) is 12.1. The van der Waals surface area contributed by atoms with Crippen molar-refractivity contribution in [1.29, 1.82) is 0 Å². The van der Waals surface area contributed by atoms with Gasteiger partial charge in [-0.3, -0.25) is 4.79 Å². The Morgan fingerprint density at radius 2 is 1.84 bits per heavy atom. The number of rotatable bonds is 8. The largest absolute Gasteiger partial charge is 0.370 e. The minimum atomic E-state index is -0.00866. The number of nitrogens with one attached hydrogen (secondary N) is 1. The van der Waals surface area contributed by atoms with E-state index in [9.17, 15) is 4.79 Å². The zero-order valence-corrected chi connectivity index (χ0v) is 12.1. The van der Waals surface area contributed by atoms with Crippen LogP contribution < -0.4 is 5.32 Å². The zero-order chi connectivity index (χ0) is 14.1. The van der Waals surface area contributed by atoms with Crippen molar-refractivity contribution in [3.63, 3.8) is 0 Å². The van der Waals surface area contributed by atoms with Gasteiger partial charge in [-0.15, -0.1) is 0 Å². The van der Waals surface area contributed by atoms with E-state index in [1.165, 1.54) is 6.33 Å². The molecule has 1 rings (SSSR count). The summed E-state index contributed by atoms with van der Waals surface area (Å²) in [7, 11) is 0. The summed E-state index contributed by atoms with van der Waals surface area (Å²) < 4.78 is 0. The quantitative estimate of drug-likeness (QED) is 0.784. The van der Waals surface area contributed by atoms with Crippen LogP contribution in [0.5, 0.6) is 0 Å². The summed E-state index contributed by atoms with van der Waals surface area (Å²) in [6, 6.07) is 1.73. The summed E-state index contributed by atoms with van der Waals surface area (Å²) >= 11 is 0. The molecule has 1 aromatic heterocycles. The fourth-order valence-corrected chi connectivity index (χ4v) is 1.84. The number of anilines is 1. The van der Waals surface area contributed by atoms with E-state index in [1.807, 2.05) is 4.90 Å². The monoisotopic (exact) mass is 264 g/mol. The highest BCUT2D eigenvalue weighted by Gasteiger charge is 2.16. The van der Waals surface area contributed by atoms with E-state index in [0.717, 1.165) is 38.9 Å². The third kappa shape index (κ3) is 4.85. The second-order valence-corrected chi connectivity index (χ2v) is 4.51. The highest BCUT2D eigenvalue weighted by atomic mass is 16.2. The van der Waals surface area contributed by atoms with Gasteiger partial charge in [0.25, 0.3) is 5.91 Å². The number of hydrogen-bond acceptors (Lipinski definition) is 4. The van der Waals surface area contributed by atoms with E-state index in [0.29, 0.717) is 11.5 Å². The molecule has 5 heteroatoms. The molecule has 0 atom stereocenters. The van der Waals surface area contributed by atoms with Crippen molar-refractivity contribution < 1.29 is 4.79 Å². The van der Waals surface area contributed by atoms with E-state index in [1.54, 1.807) is 6.07 Å². The maximum Gasteiger partial charge on any atom is 0.272 e. The van der Waals surface area contributed by atoms with Crippen LogP contribution in [0.3, 0.4) is 0 Å². The Balaban J connectivity index is 2.78. The van der Waals surface area contributed by atoms with Crippen molar-refractivity contribution in [1.82, 2.24) is 14.9 Å². The molecule has 19 heavy (non-hydrogen) atoms. The molecule has 0 aliphatic rings. The second kappa shape index (κ2) is 8.45. The Morgan fingerprint density at radius 3 is 2.42 bits per heavy atom. The number of nitrogens with zero attached hydrogens (tertiary/aromatic N) is 3. The van der Waals surface area contributed by atoms with Crippen molar-refractivity contribution in [2.75, 3.05) is 25.0 Å². The lowest BCUT2D eigenvalue weighted by Gasteiger charge is -2.21. The van der Waals surface area contributed by atoms with E-state index in [-0.39, 0.29) is 5.91 Å². The molecule has 0 radical (unpaired) electrons. The third-order valence-electron chi connectivity index (χ3n) is 2.72. The van der Waals surface area contributed by atoms with Crippen molar-refractivity contribution in [3.05, 3.63) is 18.1 Å². The molecule has 0 unspecified atom stereocenters. The van der Waals surface area contributed by atoms with Crippen molar-refractivity contribution in [2.45, 2.75) is 40.0 Å². The van der Waals surface area contributed by atoms with Crippen LogP contribution in [0.15, 0.2) is 12.4 Å². The average Bonchev–Trinajstić information content (AvgIpc) is 2.44. The van der Waals surface area contributed by atoms with Gasteiger partial charge in [0.1, 0.15) is 17.8 Å². The van der Waals surface area contributed by atoms with Crippen molar-refractivity contribution in [2.24, 2.45) is 0 Å². The van der Waals surface area contributed by atoms with Crippen LogP contribution in [0.2, 0.25) is 0 Å². The Labute approximate surface area is 115 Å². The first-order chi connectivity index (χ1) is 9.22. The van der Waals surface area contributed by atoms with Gasteiger partial charge in [-0.2, -0.15) is 0 Å². The lowest BCUT2D eigenvalue weighted by atomic mass is 10.3. The molecule has 1 N–H and O–H groups in total. The van der Waals surface area contributed by atoms with Gasteiger partial charge in [-0.25, -0.2) is 9.97 Å². The van der Waals surface area contributed by atoms with Gasteiger partial charge in [0, 0.05) is 25.7 Å². The third-order valence-corrected chi connectivity index (χ3v) is 2.72. The van der Waals surface area contributed by atoms with Gasteiger partial charge in [0.05, 0.1) is 0 Å². The molecular weight excluding hydrogens is 240 g/mol. The number of amides is 1. The van der Waals surface area contributed by atoms with E-state index < -0.39 is 0 Å². The molecule has 0 aliphatic carbocycles. The molecule has 0 saturated carbocycles. The maximum atomic E-state index is 12.4. The predicted octanol–water partition coefficient (Wildman–Crippen LogP) is 2.56. The molecule has 0 aromatic carbocycles. The Bertz CT molecular complexity index is 389. The molecule has 0 fully saturated rings. The SMILES string of the molecule is CCCNc1cc(C(=O)N(CCC)CCC)ncn1. The Morgan fingerprint density at radius 1 is 1.16 bits per heavy atom. The number of carbonyl (C=O) groups is 1. The Kier molecular flexibility index (Phi) is 6.85. The van der Waals surface area contributed by atoms with Crippen molar-refractivity contribution in [3.8, 4) is 0 Å². The summed E-state index contributed by atoms with van der Waals surface area (Å²) in [5, 5.41) is 3.17. The van der Waals surface area contributed by atoms with Crippen LogP contribution in [0.1, 0.15) is 50.5 Å². The first kappa shape index (κ1) is 15.4. The average molecular weight is 264 g/mol. The molecule has 0 aliphatic heterocycles. The van der Waals surface area contributed by atoms with Gasteiger partial charge in [-0.1, -0.05) is 20.8 Å². The second-order valence-electron chi connectivity index (χ2n) is 4.51. The van der Waals surface area contributed by atoms with E-state index >= 15 is 0 Å². The van der Waals surface area contributed by atoms with Crippen LogP contribution in [-0.4, -0.2) is 40.4 Å². The highest BCUT2D eigenvalue weighted by molar-refractivity contribution is 5.92. The molecule has 0 spiro atoms. The van der Waals surface area contributed by atoms with E-state index in [4.69, 9.17) is 0 Å². The number of carbonyl (C=O) groups excluding carboxylic acids is 1. The van der Waals surface area contributed by atoms with E-state index in [2.05, 4.69) is 36.1 Å². The molecule has 0 bridgehead atoms. The van der Waals surface area contributed by atoms with Crippen LogP contribution >= 0.6 is 0 Å². The first-order valence-electron chi connectivity index (χ1n) is 7.08. The molecular formula is C14H24N4O. The van der Waals surface area contributed by atoms with Crippen LogP contribution in [0, 0.1) is 0 Å². The summed E-state index contributed by atoms with van der Waals surface area (Å²) in [4.78, 5) is 22.4. The van der Waals surface area contributed by atoms with Gasteiger partial charge >= 0.3 is 0 Å². The number of aromatic nitrogens is 2. The molecule has 106 valence electrons. The molecule has 0 saturated heterocycles. The smallest absolute Gasteiger partial charge is 0.272 e. The minimum Gasteiger partial charge on any atom is -0.370 e. The fraction of sp³-hybridized carbons (Fsp3) is 0.643. The number of hydrogen-bond donors (Lipinski definition) is 1. The highest BCUT2D eigenvalue weighted by Crippen LogP contribution is 2.08. The lowest BCUT2D eigenvalue weighted by Crippen LogP contribution is -2.33. The predicted molar refractivity (Wildman–Crippen MR) is 77.3 cm³/mol. The van der Waals surface area contributed by atoms with Gasteiger partial charge in [0.2, 0.25) is 0 Å². The topological polar surface area (TPSA) is 58.1 Å².